The smallest absolute Gasteiger partial charge is 0.475 e. The number of primary sulfonamides is 1. The zero-order chi connectivity index (χ0) is 44.0. The Hall–Kier alpha value is -5.58. The van der Waals surface area contributed by atoms with Crippen LogP contribution < -0.4 is 15.8 Å². The summed E-state index contributed by atoms with van der Waals surface area (Å²) in [7, 11) is -3.87. The van der Waals surface area contributed by atoms with Crippen molar-refractivity contribution in [3.63, 3.8) is 0 Å². The van der Waals surface area contributed by atoms with Gasteiger partial charge in [-0.25, -0.2) is 18.4 Å². The summed E-state index contributed by atoms with van der Waals surface area (Å²) < 4.78 is 55.3. The summed E-state index contributed by atoms with van der Waals surface area (Å²) in [5, 5.41) is 18.6. The van der Waals surface area contributed by atoms with Gasteiger partial charge in [-0.2, -0.15) is 13.2 Å². The molecule has 16 heteroatoms. The summed E-state index contributed by atoms with van der Waals surface area (Å²) in [4.78, 5) is 52.5. The molecular weight excluding hydrogens is 812 g/mol. The number of likely N-dealkylation sites (tertiary alicyclic amines) is 1. The summed E-state index contributed by atoms with van der Waals surface area (Å²) in [6.45, 7) is 4.07. The number of benzene rings is 4. The van der Waals surface area contributed by atoms with Crippen molar-refractivity contribution in [2.24, 2.45) is 17.0 Å². The van der Waals surface area contributed by atoms with Crippen LogP contribution in [0.1, 0.15) is 76.8 Å². The Morgan fingerprint density at radius 3 is 1.92 bits per heavy atom. The van der Waals surface area contributed by atoms with Gasteiger partial charge in [0.15, 0.2) is 0 Å². The van der Waals surface area contributed by atoms with E-state index in [1.54, 1.807) is 41.3 Å². The number of carboxylic acids is 1. The van der Waals surface area contributed by atoms with Crippen molar-refractivity contribution in [2.75, 3.05) is 32.7 Å². The van der Waals surface area contributed by atoms with Gasteiger partial charge in [0.25, 0.3) is 11.8 Å². The van der Waals surface area contributed by atoms with Crippen LogP contribution in [0, 0.1) is 11.8 Å². The number of hydrogen-bond acceptors (Lipinski definition) is 7. The van der Waals surface area contributed by atoms with Crippen molar-refractivity contribution >= 4 is 33.7 Å². The standard InChI is InChI=1S/C43H51N5O5S.C2HF3O2/c44-54(52,53)40-17-15-34(16-18-40)30-48(41(49)29-46-42(50)36-10-2-1-3-11-36)31-35-9-5-12-37(27-35)38-13-6-14-39(28-38)43(51)47-25-21-33(22-26-47)8-4-7-32-19-23-45-24-20-32;3-2(4,5)1(6)7/h1-3,5-6,9-18,27-28,32-33,45H,4,7-8,19-26,29-31H2,(H,46,50)(H2,44,52,53);(H,6,7). The van der Waals surface area contributed by atoms with E-state index in [-0.39, 0.29) is 42.3 Å². The van der Waals surface area contributed by atoms with E-state index in [9.17, 15) is 36.0 Å². The number of nitrogens with two attached hydrogens (primary N) is 1. The number of rotatable bonds is 14. The fraction of sp³-hybridized carbons (Fsp3) is 0.378. The number of sulfonamides is 1. The Balaban J connectivity index is 0.000000925. The molecule has 6 rings (SSSR count). The van der Waals surface area contributed by atoms with Crippen molar-refractivity contribution in [1.82, 2.24) is 20.4 Å². The van der Waals surface area contributed by atoms with Crippen LogP contribution in [0.15, 0.2) is 108 Å². The molecule has 12 nitrogen and oxygen atoms in total. The molecule has 0 unspecified atom stereocenters. The first-order valence-corrected chi connectivity index (χ1v) is 21.8. The van der Waals surface area contributed by atoms with E-state index in [0.717, 1.165) is 61.6 Å². The molecule has 0 aliphatic carbocycles. The molecule has 2 aliphatic rings. The minimum atomic E-state index is -5.08. The third kappa shape index (κ3) is 14.5. The zero-order valence-electron chi connectivity index (χ0n) is 33.8. The van der Waals surface area contributed by atoms with E-state index in [0.29, 0.717) is 22.6 Å². The van der Waals surface area contributed by atoms with E-state index >= 15 is 0 Å². The van der Waals surface area contributed by atoms with Gasteiger partial charge in [0, 0.05) is 37.3 Å². The lowest BCUT2D eigenvalue weighted by molar-refractivity contribution is -0.192. The molecule has 0 bridgehead atoms. The number of piperidine rings is 2. The maximum atomic E-state index is 13.7. The van der Waals surface area contributed by atoms with Crippen molar-refractivity contribution in [1.29, 1.82) is 0 Å². The van der Waals surface area contributed by atoms with Gasteiger partial charge in [-0.3, -0.25) is 14.4 Å². The molecule has 0 saturated carbocycles. The zero-order valence-corrected chi connectivity index (χ0v) is 34.6. The highest BCUT2D eigenvalue weighted by Gasteiger charge is 2.38. The number of carbonyl (C=O) groups excluding carboxylic acids is 3. The van der Waals surface area contributed by atoms with Crippen LogP contribution in [-0.4, -0.2) is 85.9 Å². The Morgan fingerprint density at radius 1 is 0.754 bits per heavy atom. The summed E-state index contributed by atoms with van der Waals surface area (Å²) in [5.41, 5.74) is 4.49. The first-order chi connectivity index (χ1) is 29.1. The third-order valence-corrected chi connectivity index (χ3v) is 11.9. The number of halogens is 3. The summed E-state index contributed by atoms with van der Waals surface area (Å²) in [6, 6.07) is 30.3. The van der Waals surface area contributed by atoms with Gasteiger partial charge in [-0.05, 0) is 115 Å². The maximum absolute atomic E-state index is 13.7. The van der Waals surface area contributed by atoms with E-state index in [1.165, 1.54) is 44.2 Å². The van der Waals surface area contributed by atoms with Gasteiger partial charge in [0.1, 0.15) is 0 Å². The summed E-state index contributed by atoms with van der Waals surface area (Å²) in [5.74, 6) is -1.80. The molecule has 0 radical (unpaired) electrons. The average Bonchev–Trinajstić information content (AvgIpc) is 3.26. The first kappa shape index (κ1) is 46.5. The molecular formula is C45H52F3N5O7S. The van der Waals surface area contributed by atoms with Gasteiger partial charge < -0.3 is 25.5 Å². The largest absolute Gasteiger partial charge is 0.490 e. The predicted molar refractivity (Wildman–Crippen MR) is 224 cm³/mol. The van der Waals surface area contributed by atoms with Gasteiger partial charge in [-0.15, -0.1) is 0 Å². The molecule has 5 N–H and O–H groups in total. The Morgan fingerprint density at radius 2 is 1.31 bits per heavy atom. The minimum absolute atomic E-state index is 0.0181. The number of nitrogens with one attached hydrogen (secondary N) is 2. The minimum Gasteiger partial charge on any atom is -0.475 e. The fourth-order valence-corrected chi connectivity index (χ4v) is 8.09. The first-order valence-electron chi connectivity index (χ1n) is 20.3. The van der Waals surface area contributed by atoms with Crippen LogP contribution in [0.4, 0.5) is 13.2 Å². The van der Waals surface area contributed by atoms with Gasteiger partial charge in [-0.1, -0.05) is 79.9 Å². The molecule has 0 spiro atoms. The highest BCUT2D eigenvalue weighted by molar-refractivity contribution is 7.89. The van der Waals surface area contributed by atoms with Crippen molar-refractivity contribution in [3.8, 4) is 11.1 Å². The fourth-order valence-electron chi connectivity index (χ4n) is 7.57. The molecule has 2 saturated heterocycles. The van der Waals surface area contributed by atoms with Crippen molar-refractivity contribution in [3.05, 3.63) is 125 Å². The van der Waals surface area contributed by atoms with E-state index in [2.05, 4.69) is 10.6 Å². The lowest BCUT2D eigenvalue weighted by atomic mass is 9.87. The second-order valence-corrected chi connectivity index (χ2v) is 17.0. The molecule has 2 heterocycles. The molecule has 2 fully saturated rings. The number of aliphatic carboxylic acids is 1. The molecule has 2 aliphatic heterocycles. The van der Waals surface area contributed by atoms with Crippen LogP contribution in [-0.2, 0) is 32.7 Å². The molecule has 326 valence electrons. The average molecular weight is 864 g/mol. The monoisotopic (exact) mass is 863 g/mol. The molecule has 0 atom stereocenters. The maximum Gasteiger partial charge on any atom is 0.490 e. The second-order valence-electron chi connectivity index (χ2n) is 15.4. The number of nitrogens with zero attached hydrogens (tertiary/aromatic N) is 2. The third-order valence-electron chi connectivity index (χ3n) is 11.0. The van der Waals surface area contributed by atoms with Crippen LogP contribution in [0.3, 0.4) is 0 Å². The number of carbonyl (C=O) groups is 4. The highest BCUT2D eigenvalue weighted by atomic mass is 32.2. The quantitative estimate of drug-likeness (QED) is 0.109. The van der Waals surface area contributed by atoms with Gasteiger partial charge in [0.2, 0.25) is 15.9 Å². The Labute approximate surface area is 354 Å². The van der Waals surface area contributed by atoms with Gasteiger partial charge in [0.05, 0.1) is 11.4 Å². The molecule has 4 aromatic carbocycles. The number of alkyl halides is 3. The van der Waals surface area contributed by atoms with Crippen LogP contribution >= 0.6 is 0 Å². The highest BCUT2D eigenvalue weighted by Crippen LogP contribution is 2.28. The van der Waals surface area contributed by atoms with E-state index in [1.807, 2.05) is 59.5 Å². The van der Waals surface area contributed by atoms with Crippen molar-refractivity contribution in [2.45, 2.75) is 69.1 Å². The number of hydrogen-bond donors (Lipinski definition) is 4. The topological polar surface area (TPSA) is 179 Å². The Kier molecular flexibility index (Phi) is 16.6. The number of carboxylic acid groups (broad SMARTS) is 1. The number of amides is 3. The molecule has 4 aromatic rings. The SMILES string of the molecule is NS(=O)(=O)c1ccc(CN(Cc2cccc(-c3cccc(C(=O)N4CCC(CCCC5CCNCC5)CC4)c3)c2)C(=O)CNC(=O)c2ccccc2)cc1.O=C(O)C(F)(F)F. The molecule has 3 amide bonds. The lowest BCUT2D eigenvalue weighted by Gasteiger charge is -2.32. The van der Waals surface area contributed by atoms with Gasteiger partial charge >= 0.3 is 12.1 Å². The summed E-state index contributed by atoms with van der Waals surface area (Å²) in [6.07, 6.45) is 3.50. The summed E-state index contributed by atoms with van der Waals surface area (Å²) >= 11 is 0. The van der Waals surface area contributed by atoms with Crippen LogP contribution in [0.2, 0.25) is 0 Å². The Bertz CT molecular complexity index is 2210. The normalized spacial score (nSPS) is 15.0. The second kappa shape index (κ2) is 21.8. The van der Waals surface area contributed by atoms with Crippen LogP contribution in [0.25, 0.3) is 11.1 Å². The van der Waals surface area contributed by atoms with E-state index < -0.39 is 22.2 Å². The van der Waals surface area contributed by atoms with Crippen LogP contribution in [0.5, 0.6) is 0 Å². The van der Waals surface area contributed by atoms with E-state index in [4.69, 9.17) is 15.0 Å². The molecule has 0 aromatic heterocycles. The molecule has 61 heavy (non-hydrogen) atoms. The predicted octanol–water partition coefficient (Wildman–Crippen LogP) is 6.62. The van der Waals surface area contributed by atoms with Crippen molar-refractivity contribution < 1.29 is 45.9 Å². The lowest BCUT2D eigenvalue weighted by Crippen LogP contribution is -2.39.